The molecule has 0 aromatic heterocycles. The highest BCUT2D eigenvalue weighted by Crippen LogP contribution is 2.19. The van der Waals surface area contributed by atoms with Gasteiger partial charge in [-0.3, -0.25) is 9.69 Å². The summed E-state index contributed by atoms with van der Waals surface area (Å²) in [6, 6.07) is -0.301. The Morgan fingerprint density at radius 3 is 2.48 bits per heavy atom. The Kier molecular flexibility index (Phi) is 9.80. The second-order valence-corrected chi connectivity index (χ2v) is 7.62. The zero-order chi connectivity index (χ0) is 15.7. The van der Waals surface area contributed by atoms with E-state index in [0.29, 0.717) is 5.25 Å². The highest BCUT2D eigenvalue weighted by molar-refractivity contribution is 8.68. The molecule has 0 aromatic rings. The van der Waals surface area contributed by atoms with Crippen molar-refractivity contribution in [3.05, 3.63) is 0 Å². The van der Waals surface area contributed by atoms with Crippen molar-refractivity contribution in [2.24, 2.45) is 5.73 Å². The van der Waals surface area contributed by atoms with Gasteiger partial charge in [0.1, 0.15) is 0 Å². The molecule has 1 rings (SSSR count). The number of carbonyl (C=O) groups excluding carboxylic acids is 1. The number of amides is 1. The summed E-state index contributed by atoms with van der Waals surface area (Å²) in [5, 5.41) is 0.618. The number of unbranched alkanes of at least 4 members (excludes halogenated alkanes) is 1. The predicted molar refractivity (Wildman–Crippen MR) is 95.8 cm³/mol. The fourth-order valence-corrected chi connectivity index (χ4v) is 3.22. The largest absolute Gasteiger partial charge is 0.339 e. The molecule has 0 spiro atoms. The zero-order valence-electron chi connectivity index (χ0n) is 13.5. The maximum absolute atomic E-state index is 12.2. The molecule has 0 saturated carbocycles. The van der Waals surface area contributed by atoms with Crippen molar-refractivity contribution in [1.29, 1.82) is 0 Å². The van der Waals surface area contributed by atoms with Gasteiger partial charge in [0.25, 0.3) is 0 Å². The van der Waals surface area contributed by atoms with Gasteiger partial charge in [-0.25, -0.2) is 0 Å². The number of nitrogens with two attached hydrogens (primary N) is 1. The predicted octanol–water partition coefficient (Wildman–Crippen LogP) is 2.39. The lowest BCUT2D eigenvalue weighted by Crippen LogP contribution is -2.53. The van der Waals surface area contributed by atoms with Crippen molar-refractivity contribution in [2.75, 3.05) is 32.7 Å². The molecule has 1 aliphatic rings. The van der Waals surface area contributed by atoms with Crippen molar-refractivity contribution in [3.63, 3.8) is 0 Å². The van der Waals surface area contributed by atoms with E-state index in [0.717, 1.165) is 52.0 Å². The molecule has 21 heavy (non-hydrogen) atoms. The molecule has 1 amide bonds. The summed E-state index contributed by atoms with van der Waals surface area (Å²) in [7, 11) is 1.63. The first-order chi connectivity index (χ1) is 10.1. The summed E-state index contributed by atoms with van der Waals surface area (Å²) >= 11 is 4.24. The molecule has 0 bridgehead atoms. The van der Waals surface area contributed by atoms with E-state index >= 15 is 0 Å². The molecule has 0 aromatic carbocycles. The maximum Gasteiger partial charge on any atom is 0.239 e. The van der Waals surface area contributed by atoms with Crippen molar-refractivity contribution in [1.82, 2.24) is 9.80 Å². The molecule has 4 nitrogen and oxygen atoms in total. The van der Waals surface area contributed by atoms with Gasteiger partial charge in [-0.15, -0.1) is 11.7 Å². The number of hydrogen-bond acceptors (Lipinski definition) is 5. The highest BCUT2D eigenvalue weighted by Gasteiger charge is 2.24. The lowest BCUT2D eigenvalue weighted by Gasteiger charge is -2.36. The van der Waals surface area contributed by atoms with Gasteiger partial charge in [0.05, 0.1) is 6.04 Å². The average Bonchev–Trinajstić information content (AvgIpc) is 2.52. The average molecular weight is 334 g/mol. The highest BCUT2D eigenvalue weighted by atomic mass is 33.1. The van der Waals surface area contributed by atoms with Crippen LogP contribution in [0.3, 0.4) is 0 Å². The first-order valence-electron chi connectivity index (χ1n) is 8.15. The number of rotatable bonds is 9. The van der Waals surface area contributed by atoms with Gasteiger partial charge < -0.3 is 10.6 Å². The Labute approximate surface area is 139 Å². The Morgan fingerprint density at radius 1 is 1.24 bits per heavy atom. The molecule has 1 heterocycles. The van der Waals surface area contributed by atoms with E-state index in [-0.39, 0.29) is 11.9 Å². The van der Waals surface area contributed by atoms with Gasteiger partial charge in [0.15, 0.2) is 0 Å². The van der Waals surface area contributed by atoms with Crippen LogP contribution in [0.5, 0.6) is 0 Å². The zero-order valence-corrected chi connectivity index (χ0v) is 15.2. The molecule has 1 saturated heterocycles. The second-order valence-electron chi connectivity index (χ2n) is 5.97. The summed E-state index contributed by atoms with van der Waals surface area (Å²) in [6.45, 7) is 9.09. The molecule has 2 atom stereocenters. The number of nitrogens with zero attached hydrogens (tertiary/aromatic N) is 2. The van der Waals surface area contributed by atoms with Gasteiger partial charge in [-0.2, -0.15) is 0 Å². The van der Waals surface area contributed by atoms with Gasteiger partial charge in [0.2, 0.25) is 5.91 Å². The lowest BCUT2D eigenvalue weighted by molar-refractivity contribution is -0.134. The SMILES string of the molecule is CCCCC(N)C(=O)N1CCN(CCCC(C)SS)CC1. The Bertz CT molecular complexity index is 297. The molecule has 0 radical (unpaired) electrons. The third-order valence-electron chi connectivity index (χ3n) is 4.13. The van der Waals surface area contributed by atoms with Crippen molar-refractivity contribution < 1.29 is 4.79 Å². The van der Waals surface area contributed by atoms with Crippen LogP contribution in [0, 0.1) is 0 Å². The maximum atomic E-state index is 12.2. The summed E-state index contributed by atoms with van der Waals surface area (Å²) in [6.07, 6.45) is 5.36. The van der Waals surface area contributed by atoms with E-state index in [9.17, 15) is 4.79 Å². The molecular weight excluding hydrogens is 302 g/mol. The van der Waals surface area contributed by atoms with Crippen LogP contribution < -0.4 is 5.73 Å². The third kappa shape index (κ3) is 7.26. The molecule has 2 N–H and O–H groups in total. The van der Waals surface area contributed by atoms with Crippen LogP contribution in [0.25, 0.3) is 0 Å². The Hall–Kier alpha value is 0.0900. The van der Waals surface area contributed by atoms with E-state index < -0.39 is 0 Å². The van der Waals surface area contributed by atoms with Crippen LogP contribution in [-0.4, -0.2) is 59.7 Å². The van der Waals surface area contributed by atoms with Gasteiger partial charge in [-0.1, -0.05) is 37.5 Å². The molecule has 6 heteroatoms. The fraction of sp³-hybridized carbons (Fsp3) is 0.933. The first kappa shape index (κ1) is 19.1. The lowest BCUT2D eigenvalue weighted by atomic mass is 10.1. The van der Waals surface area contributed by atoms with E-state index in [1.165, 1.54) is 12.8 Å². The van der Waals surface area contributed by atoms with Gasteiger partial charge in [0, 0.05) is 31.4 Å². The van der Waals surface area contributed by atoms with E-state index in [1.54, 1.807) is 10.8 Å². The summed E-state index contributed by atoms with van der Waals surface area (Å²) in [5.74, 6) is 0.142. The van der Waals surface area contributed by atoms with Crippen molar-refractivity contribution in [2.45, 2.75) is 57.2 Å². The number of hydrogen-bond donors (Lipinski definition) is 2. The van der Waals surface area contributed by atoms with Crippen LogP contribution in [0.1, 0.15) is 46.0 Å². The molecule has 124 valence electrons. The van der Waals surface area contributed by atoms with Crippen LogP contribution in [-0.2, 0) is 4.79 Å². The molecule has 1 aliphatic heterocycles. The summed E-state index contributed by atoms with van der Waals surface area (Å²) in [4.78, 5) is 16.6. The minimum atomic E-state index is -0.301. The van der Waals surface area contributed by atoms with E-state index in [4.69, 9.17) is 5.73 Å². The second kappa shape index (κ2) is 10.8. The topological polar surface area (TPSA) is 49.6 Å². The van der Waals surface area contributed by atoms with Crippen LogP contribution in [0.15, 0.2) is 0 Å². The molecule has 2 unspecified atom stereocenters. The normalized spacial score (nSPS) is 19.5. The monoisotopic (exact) mass is 333 g/mol. The number of thiol groups is 1. The standard InChI is InChI=1S/C15H31N3OS2/c1-3-4-7-14(16)15(19)18-11-9-17(10-12-18)8-5-6-13(2)21-20/h13-14,20H,3-12,16H2,1-2H3. The Morgan fingerprint density at radius 2 is 1.90 bits per heavy atom. The minimum Gasteiger partial charge on any atom is -0.339 e. The van der Waals surface area contributed by atoms with Gasteiger partial charge >= 0.3 is 0 Å². The molecule has 1 fully saturated rings. The van der Waals surface area contributed by atoms with Gasteiger partial charge in [-0.05, 0) is 25.8 Å². The molecular formula is C15H31N3OS2. The summed E-state index contributed by atoms with van der Waals surface area (Å²) in [5.41, 5.74) is 5.98. The van der Waals surface area contributed by atoms with Crippen LogP contribution in [0.2, 0.25) is 0 Å². The fourth-order valence-electron chi connectivity index (χ4n) is 2.63. The smallest absolute Gasteiger partial charge is 0.239 e. The number of piperazine rings is 1. The van der Waals surface area contributed by atoms with Crippen molar-refractivity contribution in [3.8, 4) is 0 Å². The van der Waals surface area contributed by atoms with Crippen LogP contribution >= 0.6 is 22.5 Å². The quantitative estimate of drug-likeness (QED) is 0.502. The van der Waals surface area contributed by atoms with Crippen LogP contribution in [0.4, 0.5) is 0 Å². The summed E-state index contributed by atoms with van der Waals surface area (Å²) < 4.78 is 0. The van der Waals surface area contributed by atoms with Crippen molar-refractivity contribution >= 4 is 28.4 Å². The van der Waals surface area contributed by atoms with E-state index in [2.05, 4.69) is 30.4 Å². The minimum absolute atomic E-state index is 0.142. The Balaban J connectivity index is 2.20. The number of carbonyl (C=O) groups is 1. The first-order valence-corrected chi connectivity index (χ1v) is 10.1. The molecule has 0 aliphatic carbocycles. The van der Waals surface area contributed by atoms with E-state index in [1.807, 2.05) is 4.90 Å². The third-order valence-corrected chi connectivity index (χ3v) is 5.81.